The smallest absolute Gasteiger partial charge is 0.328 e. The van der Waals surface area contributed by atoms with E-state index < -0.39 is 5.97 Å². The third-order valence-electron chi connectivity index (χ3n) is 1.33. The molecule has 0 fully saturated rings. The van der Waals surface area contributed by atoms with Gasteiger partial charge in [-0.1, -0.05) is 12.1 Å². The van der Waals surface area contributed by atoms with E-state index in [-0.39, 0.29) is 0 Å². The Bertz CT molecular complexity index is 301. The van der Waals surface area contributed by atoms with Crippen LogP contribution in [0.25, 0.3) is 6.08 Å². The van der Waals surface area contributed by atoms with Gasteiger partial charge in [0.05, 0.1) is 5.69 Å². The summed E-state index contributed by atoms with van der Waals surface area (Å²) in [7, 11) is 0. The van der Waals surface area contributed by atoms with Crippen molar-refractivity contribution in [2.75, 3.05) is 0 Å². The fraction of sp³-hybridized carbons (Fsp3) is 0. The van der Waals surface area contributed by atoms with E-state index in [1.54, 1.807) is 24.3 Å². The lowest BCUT2D eigenvalue weighted by Crippen LogP contribution is -1.85. The number of rotatable bonds is 2. The first-order chi connectivity index (χ1) is 5.68. The molecule has 2 N–H and O–H groups in total. The number of carboxylic acid groups (broad SMARTS) is 1. The molecule has 3 nitrogen and oxygen atoms in total. The highest BCUT2D eigenvalue weighted by atomic mass is 16.4. The van der Waals surface area contributed by atoms with Gasteiger partial charge >= 0.3 is 5.97 Å². The van der Waals surface area contributed by atoms with Gasteiger partial charge in [0.15, 0.2) is 0 Å². The molecule has 0 unspecified atom stereocenters. The molecular formula is C9H8NO2. The first-order valence-corrected chi connectivity index (χ1v) is 3.41. The van der Waals surface area contributed by atoms with Crippen molar-refractivity contribution in [2.24, 2.45) is 0 Å². The fourth-order valence-electron chi connectivity index (χ4n) is 0.762. The van der Waals surface area contributed by atoms with Gasteiger partial charge in [-0.3, -0.25) is 0 Å². The Morgan fingerprint density at radius 1 is 1.33 bits per heavy atom. The second-order valence-electron chi connectivity index (χ2n) is 2.29. The molecule has 0 amide bonds. The minimum Gasteiger partial charge on any atom is -0.478 e. The molecule has 0 atom stereocenters. The predicted octanol–water partition coefficient (Wildman–Crippen LogP) is 1.70. The average molecular weight is 162 g/mol. The van der Waals surface area contributed by atoms with Crippen LogP contribution in [0, 0.1) is 0 Å². The molecule has 1 aromatic carbocycles. The summed E-state index contributed by atoms with van der Waals surface area (Å²) in [6, 6.07) is 6.62. The first kappa shape index (κ1) is 8.33. The van der Waals surface area contributed by atoms with Crippen molar-refractivity contribution < 1.29 is 9.90 Å². The number of benzene rings is 1. The summed E-state index contributed by atoms with van der Waals surface area (Å²) in [6.07, 6.45) is 2.56. The summed E-state index contributed by atoms with van der Waals surface area (Å²) in [6.45, 7) is 0. The zero-order valence-corrected chi connectivity index (χ0v) is 6.32. The zero-order chi connectivity index (χ0) is 8.97. The number of hydrogen-bond acceptors (Lipinski definition) is 1. The Labute approximate surface area is 70.1 Å². The number of nitrogens with one attached hydrogen (secondary N) is 1. The molecule has 0 saturated carbocycles. The molecule has 1 aromatic rings. The molecule has 3 heteroatoms. The summed E-state index contributed by atoms with van der Waals surface area (Å²) >= 11 is 0. The molecule has 0 saturated heterocycles. The second-order valence-corrected chi connectivity index (χ2v) is 2.29. The Morgan fingerprint density at radius 3 is 2.42 bits per heavy atom. The van der Waals surface area contributed by atoms with Crippen molar-refractivity contribution in [1.82, 2.24) is 5.73 Å². The van der Waals surface area contributed by atoms with Gasteiger partial charge in [0.1, 0.15) is 0 Å². The van der Waals surface area contributed by atoms with Crippen LogP contribution in [0.15, 0.2) is 30.3 Å². The van der Waals surface area contributed by atoms with Gasteiger partial charge < -0.3 is 10.8 Å². The van der Waals surface area contributed by atoms with E-state index in [1.807, 2.05) is 0 Å². The maximum atomic E-state index is 10.1. The Hall–Kier alpha value is -1.77. The fourth-order valence-corrected chi connectivity index (χ4v) is 0.762. The van der Waals surface area contributed by atoms with Gasteiger partial charge in [-0.2, -0.15) is 0 Å². The van der Waals surface area contributed by atoms with Gasteiger partial charge in [0.25, 0.3) is 0 Å². The van der Waals surface area contributed by atoms with Crippen LogP contribution >= 0.6 is 0 Å². The van der Waals surface area contributed by atoms with Crippen LogP contribution in [0.2, 0.25) is 0 Å². The molecule has 0 aliphatic rings. The van der Waals surface area contributed by atoms with Gasteiger partial charge in [-0.15, -0.1) is 0 Å². The monoisotopic (exact) mass is 162 g/mol. The topological polar surface area (TPSA) is 61.1 Å². The number of aliphatic carboxylic acids is 1. The van der Waals surface area contributed by atoms with Crippen molar-refractivity contribution in [3.8, 4) is 0 Å². The van der Waals surface area contributed by atoms with Gasteiger partial charge in [0, 0.05) is 6.08 Å². The molecule has 0 aliphatic carbocycles. The van der Waals surface area contributed by atoms with E-state index in [4.69, 9.17) is 10.8 Å². The molecule has 0 heterocycles. The molecule has 1 rings (SSSR count). The second kappa shape index (κ2) is 3.57. The normalized spacial score (nSPS) is 10.3. The lowest BCUT2D eigenvalue weighted by Gasteiger charge is -1.92. The lowest BCUT2D eigenvalue weighted by molar-refractivity contribution is -0.131. The SMILES string of the molecule is [NH]c1ccc(/C=C/C(=O)O)cc1. The largest absolute Gasteiger partial charge is 0.478 e. The Kier molecular flexibility index (Phi) is 2.48. The summed E-state index contributed by atoms with van der Waals surface area (Å²) in [4.78, 5) is 10.1. The van der Waals surface area contributed by atoms with Crippen LogP contribution in [-0.4, -0.2) is 11.1 Å². The van der Waals surface area contributed by atoms with E-state index in [0.717, 1.165) is 11.6 Å². The number of carbonyl (C=O) groups is 1. The van der Waals surface area contributed by atoms with Crippen LogP contribution in [0.3, 0.4) is 0 Å². The van der Waals surface area contributed by atoms with Gasteiger partial charge in [0.2, 0.25) is 0 Å². The van der Waals surface area contributed by atoms with Crippen molar-refractivity contribution >= 4 is 17.7 Å². The Morgan fingerprint density at radius 2 is 1.92 bits per heavy atom. The van der Waals surface area contributed by atoms with Crippen LogP contribution in [-0.2, 0) is 4.79 Å². The zero-order valence-electron chi connectivity index (χ0n) is 6.32. The molecule has 0 aliphatic heterocycles. The molecule has 0 aromatic heterocycles. The summed E-state index contributed by atoms with van der Waals surface area (Å²) in [5.41, 5.74) is 8.37. The van der Waals surface area contributed by atoms with Crippen molar-refractivity contribution in [3.05, 3.63) is 35.9 Å². The van der Waals surface area contributed by atoms with E-state index >= 15 is 0 Å². The molecule has 12 heavy (non-hydrogen) atoms. The third-order valence-corrected chi connectivity index (χ3v) is 1.33. The predicted molar refractivity (Wildman–Crippen MR) is 45.9 cm³/mol. The minimum absolute atomic E-state index is 0.419. The van der Waals surface area contributed by atoms with Crippen LogP contribution in [0.1, 0.15) is 5.56 Å². The number of carboxylic acids is 1. The quantitative estimate of drug-likeness (QED) is 0.672. The molecule has 61 valence electrons. The molecule has 1 radical (unpaired) electrons. The lowest BCUT2D eigenvalue weighted by atomic mass is 10.2. The third kappa shape index (κ3) is 2.46. The average Bonchev–Trinajstić information content (AvgIpc) is 2.03. The maximum absolute atomic E-state index is 10.1. The van der Waals surface area contributed by atoms with E-state index in [1.165, 1.54) is 6.08 Å². The summed E-state index contributed by atoms with van der Waals surface area (Å²) < 4.78 is 0. The van der Waals surface area contributed by atoms with Gasteiger partial charge in [-0.05, 0) is 23.8 Å². The highest BCUT2D eigenvalue weighted by Gasteiger charge is 1.88. The van der Waals surface area contributed by atoms with Crippen LogP contribution in [0.5, 0.6) is 0 Å². The van der Waals surface area contributed by atoms with E-state index in [2.05, 4.69) is 0 Å². The molecular weight excluding hydrogens is 154 g/mol. The Balaban J connectivity index is 2.77. The molecule has 0 spiro atoms. The van der Waals surface area contributed by atoms with Crippen molar-refractivity contribution in [3.63, 3.8) is 0 Å². The van der Waals surface area contributed by atoms with Crippen LogP contribution in [0.4, 0.5) is 5.69 Å². The minimum atomic E-state index is -0.968. The summed E-state index contributed by atoms with van der Waals surface area (Å²) in [5, 5.41) is 8.31. The summed E-state index contributed by atoms with van der Waals surface area (Å²) in [5.74, 6) is -0.968. The first-order valence-electron chi connectivity index (χ1n) is 3.41. The van der Waals surface area contributed by atoms with E-state index in [0.29, 0.717) is 5.69 Å². The maximum Gasteiger partial charge on any atom is 0.328 e. The highest BCUT2D eigenvalue weighted by Crippen LogP contribution is 2.07. The van der Waals surface area contributed by atoms with Crippen molar-refractivity contribution in [1.29, 1.82) is 0 Å². The van der Waals surface area contributed by atoms with Gasteiger partial charge in [-0.25, -0.2) is 4.79 Å². The van der Waals surface area contributed by atoms with E-state index in [9.17, 15) is 4.79 Å². The molecule has 0 bridgehead atoms. The van der Waals surface area contributed by atoms with Crippen LogP contribution < -0.4 is 5.73 Å². The highest BCUT2D eigenvalue weighted by molar-refractivity contribution is 5.85. The van der Waals surface area contributed by atoms with Crippen molar-refractivity contribution in [2.45, 2.75) is 0 Å². The number of hydrogen-bond donors (Lipinski definition) is 1. The standard InChI is InChI=1S/C9H8NO2/c10-8-4-1-7(2-5-8)3-6-9(11)12/h1-6,10H,(H,11,12)/b6-3+.